The van der Waals surface area contributed by atoms with Crippen molar-refractivity contribution in [2.45, 2.75) is 87.4 Å². The van der Waals surface area contributed by atoms with Gasteiger partial charge in [0.2, 0.25) is 11.5 Å². The Bertz CT molecular complexity index is 1710. The Morgan fingerprint density at radius 3 is 2.44 bits per heavy atom. The number of hydrogen-bond donors (Lipinski definition) is 3. The van der Waals surface area contributed by atoms with E-state index in [-0.39, 0.29) is 40.0 Å². The highest BCUT2D eigenvalue weighted by Gasteiger charge is 2.39. The fourth-order valence-corrected chi connectivity index (χ4v) is 8.20. The average molecular weight is 644 g/mol. The van der Waals surface area contributed by atoms with Gasteiger partial charge in [-0.2, -0.15) is 13.2 Å². The van der Waals surface area contributed by atoms with Crippen molar-refractivity contribution in [2.24, 2.45) is 5.92 Å². The van der Waals surface area contributed by atoms with E-state index in [1.54, 1.807) is 36.4 Å². The van der Waals surface area contributed by atoms with Gasteiger partial charge >= 0.3 is 6.18 Å². The molecule has 0 bridgehead atoms. The molecule has 242 valence electrons. The number of nitrogens with one attached hydrogen (secondary N) is 3. The van der Waals surface area contributed by atoms with Crippen LogP contribution in [0, 0.1) is 5.92 Å². The number of halogens is 3. The van der Waals surface area contributed by atoms with E-state index in [4.69, 9.17) is 0 Å². The van der Waals surface area contributed by atoms with Crippen molar-refractivity contribution in [3.05, 3.63) is 81.7 Å². The van der Waals surface area contributed by atoms with E-state index in [0.29, 0.717) is 42.4 Å². The Morgan fingerprint density at radius 2 is 1.78 bits per heavy atom. The van der Waals surface area contributed by atoms with Crippen molar-refractivity contribution >= 4 is 32.7 Å². The van der Waals surface area contributed by atoms with E-state index in [1.807, 2.05) is 6.92 Å². The maximum absolute atomic E-state index is 13.8. The van der Waals surface area contributed by atoms with Crippen LogP contribution in [0.4, 0.5) is 13.2 Å². The third kappa shape index (κ3) is 8.05. The van der Waals surface area contributed by atoms with E-state index in [2.05, 4.69) is 15.6 Å². The molecule has 1 saturated carbocycles. The van der Waals surface area contributed by atoms with Crippen LogP contribution in [0.3, 0.4) is 0 Å². The van der Waals surface area contributed by atoms with E-state index >= 15 is 0 Å². The van der Waals surface area contributed by atoms with Gasteiger partial charge in [-0.1, -0.05) is 50.3 Å². The van der Waals surface area contributed by atoms with Crippen molar-refractivity contribution in [1.29, 1.82) is 0 Å². The molecule has 2 aromatic carbocycles. The number of fused-ring (bicyclic) bond motifs is 1. The first kappa shape index (κ1) is 32.9. The third-order valence-corrected chi connectivity index (χ3v) is 11.0. The minimum Gasteiger partial charge on any atom is -0.352 e. The molecule has 0 spiro atoms. The molecule has 1 saturated heterocycles. The summed E-state index contributed by atoms with van der Waals surface area (Å²) in [7, 11) is -3.37. The van der Waals surface area contributed by atoms with Crippen LogP contribution >= 0.6 is 0 Å². The Morgan fingerprint density at radius 1 is 1.04 bits per heavy atom. The standard InChI is InChI=1S/C34H40F3N3O4S/c1-23-15-17-33(40-23,26-10-13-30-28(21-26)29(34(35,36)37)22-32(42)39-30)18-19-38-31(41)14-9-25-7-11-27(12-8-25)45(43,44)20-16-24-5-3-2-4-6-24/h7-14,21-24,40H,2-6,15-20H2,1H3,(H,38,41)(H,39,42)/b14-9+/t23-,33-/m1/s1. The summed E-state index contributed by atoms with van der Waals surface area (Å²) >= 11 is 0. The van der Waals surface area contributed by atoms with Gasteiger partial charge in [0, 0.05) is 41.2 Å². The highest BCUT2D eigenvalue weighted by molar-refractivity contribution is 7.91. The minimum absolute atomic E-state index is 0.0738. The summed E-state index contributed by atoms with van der Waals surface area (Å²) in [5, 5.41) is 6.31. The fraction of sp³-hybridized carbons (Fsp3) is 0.471. The summed E-state index contributed by atoms with van der Waals surface area (Å²) in [5.41, 5.74) is -0.978. The van der Waals surface area contributed by atoms with Gasteiger partial charge in [-0.25, -0.2) is 8.42 Å². The van der Waals surface area contributed by atoms with E-state index in [0.717, 1.165) is 19.3 Å². The predicted octanol–water partition coefficient (Wildman–Crippen LogP) is 6.48. The lowest BCUT2D eigenvalue weighted by Crippen LogP contribution is -2.42. The number of carbonyl (C=O) groups excluding carboxylic acids is 1. The van der Waals surface area contributed by atoms with Crippen molar-refractivity contribution in [1.82, 2.24) is 15.6 Å². The van der Waals surface area contributed by atoms with Gasteiger partial charge in [0.15, 0.2) is 9.84 Å². The first-order valence-electron chi connectivity index (χ1n) is 15.7. The molecule has 2 heterocycles. The van der Waals surface area contributed by atoms with Crippen LogP contribution in [0.5, 0.6) is 0 Å². The molecule has 0 unspecified atom stereocenters. The number of hydrogen-bond acceptors (Lipinski definition) is 5. The highest BCUT2D eigenvalue weighted by Crippen LogP contribution is 2.40. The zero-order chi connectivity index (χ0) is 32.2. The molecule has 3 aromatic rings. The van der Waals surface area contributed by atoms with Crippen molar-refractivity contribution in [3.63, 3.8) is 0 Å². The molecule has 2 fully saturated rings. The van der Waals surface area contributed by atoms with Crippen LogP contribution in [0.25, 0.3) is 17.0 Å². The van der Waals surface area contributed by atoms with Gasteiger partial charge in [-0.15, -0.1) is 0 Å². The Labute approximate surface area is 261 Å². The van der Waals surface area contributed by atoms with Crippen LogP contribution in [-0.4, -0.2) is 37.6 Å². The molecule has 1 aliphatic carbocycles. The molecule has 3 N–H and O–H groups in total. The molecular formula is C34H40F3N3O4S. The largest absolute Gasteiger partial charge is 0.417 e. The summed E-state index contributed by atoms with van der Waals surface area (Å²) in [4.78, 5) is 27.3. The Hall–Kier alpha value is -3.44. The van der Waals surface area contributed by atoms with Gasteiger partial charge in [0.25, 0.3) is 0 Å². The molecule has 1 amide bonds. The van der Waals surface area contributed by atoms with Gasteiger partial charge in [-0.05, 0) is 80.0 Å². The van der Waals surface area contributed by atoms with E-state index in [1.165, 1.54) is 37.5 Å². The smallest absolute Gasteiger partial charge is 0.352 e. The predicted molar refractivity (Wildman–Crippen MR) is 169 cm³/mol. The quantitative estimate of drug-likeness (QED) is 0.219. The molecule has 7 nitrogen and oxygen atoms in total. The number of sulfone groups is 1. The number of amides is 1. The van der Waals surface area contributed by atoms with Crippen LogP contribution < -0.4 is 16.2 Å². The third-order valence-electron chi connectivity index (χ3n) is 9.26. The summed E-state index contributed by atoms with van der Waals surface area (Å²) < 4.78 is 66.9. The monoisotopic (exact) mass is 643 g/mol. The summed E-state index contributed by atoms with van der Waals surface area (Å²) in [5.74, 6) is 0.293. The number of carbonyl (C=O) groups is 1. The van der Waals surface area contributed by atoms with Gasteiger partial charge in [-0.3, -0.25) is 9.59 Å². The SMILES string of the molecule is C[C@@H]1CC[C@@](CCNC(=O)/C=C/c2ccc(S(=O)(=O)CCC3CCCCC3)cc2)(c2ccc3[nH]c(=O)cc(C(F)(F)F)c3c2)N1. The molecule has 2 atom stereocenters. The second-order valence-electron chi connectivity index (χ2n) is 12.5. The number of rotatable bonds is 10. The zero-order valence-electron chi connectivity index (χ0n) is 25.4. The Balaban J connectivity index is 1.21. The summed E-state index contributed by atoms with van der Waals surface area (Å²) in [6.07, 6.45) is 6.73. The lowest BCUT2D eigenvalue weighted by molar-refractivity contribution is -0.136. The van der Waals surface area contributed by atoms with Crippen LogP contribution in [0.15, 0.2) is 64.3 Å². The first-order valence-corrected chi connectivity index (χ1v) is 17.3. The lowest BCUT2D eigenvalue weighted by Gasteiger charge is -2.32. The zero-order valence-corrected chi connectivity index (χ0v) is 26.2. The lowest BCUT2D eigenvalue weighted by atomic mass is 9.84. The van der Waals surface area contributed by atoms with E-state index in [9.17, 15) is 31.2 Å². The van der Waals surface area contributed by atoms with Crippen LogP contribution in [-0.2, 0) is 26.3 Å². The van der Waals surface area contributed by atoms with Crippen molar-refractivity contribution in [2.75, 3.05) is 12.3 Å². The number of aromatic amines is 1. The number of aromatic nitrogens is 1. The average Bonchev–Trinajstić information content (AvgIpc) is 3.40. The molecule has 1 aromatic heterocycles. The van der Waals surface area contributed by atoms with Crippen molar-refractivity contribution < 1.29 is 26.4 Å². The van der Waals surface area contributed by atoms with Gasteiger partial charge in [0.1, 0.15) is 0 Å². The van der Waals surface area contributed by atoms with E-state index < -0.39 is 32.7 Å². The number of H-pyrrole nitrogens is 1. The molecule has 1 aliphatic heterocycles. The summed E-state index contributed by atoms with van der Waals surface area (Å²) in [6.45, 7) is 2.28. The van der Waals surface area contributed by atoms with Crippen LogP contribution in [0.2, 0.25) is 0 Å². The second kappa shape index (κ2) is 13.5. The molecule has 5 rings (SSSR count). The second-order valence-corrected chi connectivity index (χ2v) is 14.6. The molecule has 2 aliphatic rings. The maximum Gasteiger partial charge on any atom is 0.417 e. The molecule has 45 heavy (non-hydrogen) atoms. The maximum atomic E-state index is 13.8. The minimum atomic E-state index is -4.68. The fourth-order valence-electron chi connectivity index (χ4n) is 6.77. The highest BCUT2D eigenvalue weighted by atomic mass is 32.2. The molecule has 11 heteroatoms. The normalized spacial score (nSPS) is 21.5. The number of alkyl halides is 3. The first-order chi connectivity index (χ1) is 21.3. The van der Waals surface area contributed by atoms with Gasteiger partial charge in [0.05, 0.1) is 16.2 Å². The molecule has 0 radical (unpaired) electrons. The Kier molecular flexibility index (Phi) is 9.88. The number of pyridine rings is 1. The molecular weight excluding hydrogens is 603 g/mol. The number of benzene rings is 2. The van der Waals surface area contributed by atoms with Gasteiger partial charge < -0.3 is 15.6 Å². The van der Waals surface area contributed by atoms with Crippen LogP contribution in [0.1, 0.15) is 81.4 Å². The summed E-state index contributed by atoms with van der Waals surface area (Å²) in [6, 6.07) is 11.9. The van der Waals surface area contributed by atoms with Crippen molar-refractivity contribution in [3.8, 4) is 0 Å². The topological polar surface area (TPSA) is 108 Å².